The van der Waals surface area contributed by atoms with E-state index < -0.39 is 22.1 Å². The molecule has 1 aliphatic carbocycles. The van der Waals surface area contributed by atoms with Gasteiger partial charge < -0.3 is 9.47 Å². The molecule has 0 amide bonds. The molecule has 0 aliphatic heterocycles. The van der Waals surface area contributed by atoms with Crippen molar-refractivity contribution in [3.05, 3.63) is 131 Å². The molecule has 0 saturated heterocycles. The van der Waals surface area contributed by atoms with Crippen LogP contribution in [0, 0.1) is 0 Å². The average molecular weight is 599 g/mol. The van der Waals surface area contributed by atoms with E-state index in [1.54, 1.807) is 12.1 Å². The van der Waals surface area contributed by atoms with Crippen LogP contribution in [0.15, 0.2) is 103 Å². The van der Waals surface area contributed by atoms with Gasteiger partial charge in [-0.05, 0) is 59.7 Å². The lowest BCUT2D eigenvalue weighted by Gasteiger charge is -2.40. The van der Waals surface area contributed by atoms with Gasteiger partial charge >= 0.3 is 5.97 Å². The quantitative estimate of drug-likeness (QED) is 0.193. The molecule has 7 nitrogen and oxygen atoms in total. The highest BCUT2D eigenvalue weighted by Crippen LogP contribution is 2.38. The molecule has 0 radical (unpaired) electrons. The first-order valence-corrected chi connectivity index (χ1v) is 16.3. The van der Waals surface area contributed by atoms with Crippen molar-refractivity contribution < 1.29 is 22.7 Å². The Kier molecular flexibility index (Phi) is 9.18. The number of ether oxygens (including phenoxy) is 2. The summed E-state index contributed by atoms with van der Waals surface area (Å²) in [4.78, 5) is 14.8. The van der Waals surface area contributed by atoms with Crippen LogP contribution in [0.5, 0.6) is 5.75 Å². The number of esters is 1. The van der Waals surface area contributed by atoms with E-state index in [0.717, 1.165) is 30.2 Å². The Morgan fingerprint density at radius 1 is 0.884 bits per heavy atom. The van der Waals surface area contributed by atoms with Gasteiger partial charge in [0.25, 0.3) is 0 Å². The fourth-order valence-corrected chi connectivity index (χ4v) is 6.35. The van der Waals surface area contributed by atoms with Gasteiger partial charge in [-0.1, -0.05) is 91.0 Å². The molecule has 0 bridgehead atoms. The van der Waals surface area contributed by atoms with Gasteiger partial charge in [0, 0.05) is 25.6 Å². The highest BCUT2D eigenvalue weighted by molar-refractivity contribution is 7.92. The third-order valence-electron chi connectivity index (χ3n) is 7.84. The normalized spacial score (nSPS) is 14.6. The Morgan fingerprint density at radius 3 is 2.05 bits per heavy atom. The molecule has 0 aromatic heterocycles. The lowest BCUT2D eigenvalue weighted by Crippen LogP contribution is -2.48. The molecule has 43 heavy (non-hydrogen) atoms. The summed E-state index contributed by atoms with van der Waals surface area (Å²) in [5.41, 5.74) is 5.51. The summed E-state index contributed by atoms with van der Waals surface area (Å²) in [5, 5.41) is 0. The van der Waals surface area contributed by atoms with E-state index >= 15 is 0 Å². The molecule has 8 heteroatoms. The minimum Gasteiger partial charge on any atom is -0.487 e. The SMILES string of the molecule is CC(=O)O[C@@H](CN(Cc1ccccc1)C1(C)Cc2ccccc2C1)c1ccc(OCc2ccccc2)c(NS(C)(=O)=O)c1. The standard InChI is InChI=1S/C35H38N2O5S/c1-26(38)42-34(29-18-19-33(32(20-29)36-43(3,39)40)41-25-28-14-8-5-9-15-28)24-37(23-27-12-6-4-7-13-27)35(2)21-30-16-10-11-17-31(30)22-35/h4-20,34,36H,21-25H2,1-3H3/t34-/m0/s1. The number of hydrogen-bond donors (Lipinski definition) is 1. The van der Waals surface area contributed by atoms with Crippen LogP contribution in [0.3, 0.4) is 0 Å². The van der Waals surface area contributed by atoms with E-state index in [4.69, 9.17) is 9.47 Å². The van der Waals surface area contributed by atoms with Crippen molar-refractivity contribution in [1.29, 1.82) is 0 Å². The van der Waals surface area contributed by atoms with Crippen molar-refractivity contribution in [3.63, 3.8) is 0 Å². The van der Waals surface area contributed by atoms with Crippen LogP contribution in [0.4, 0.5) is 5.69 Å². The fourth-order valence-electron chi connectivity index (χ4n) is 5.79. The van der Waals surface area contributed by atoms with Crippen molar-refractivity contribution in [2.75, 3.05) is 17.5 Å². The lowest BCUT2D eigenvalue weighted by molar-refractivity contribution is -0.148. The largest absolute Gasteiger partial charge is 0.487 e. The first-order valence-electron chi connectivity index (χ1n) is 14.4. The highest BCUT2D eigenvalue weighted by Gasteiger charge is 2.39. The van der Waals surface area contributed by atoms with Crippen LogP contribution < -0.4 is 9.46 Å². The van der Waals surface area contributed by atoms with E-state index in [0.29, 0.717) is 30.1 Å². The minimum atomic E-state index is -3.61. The Balaban J connectivity index is 1.48. The van der Waals surface area contributed by atoms with E-state index in [-0.39, 0.29) is 12.1 Å². The predicted molar refractivity (Wildman–Crippen MR) is 169 cm³/mol. The number of anilines is 1. The fraction of sp³-hybridized carbons (Fsp3) is 0.286. The molecular formula is C35H38N2O5S. The maximum absolute atomic E-state index is 12.4. The van der Waals surface area contributed by atoms with Crippen LogP contribution in [0.2, 0.25) is 0 Å². The van der Waals surface area contributed by atoms with Crippen LogP contribution in [-0.4, -0.2) is 37.6 Å². The Hall–Kier alpha value is -4.14. The molecule has 4 aromatic rings. The molecule has 0 fully saturated rings. The highest BCUT2D eigenvalue weighted by atomic mass is 32.2. The zero-order chi connectivity index (χ0) is 30.5. The molecule has 1 atom stereocenters. The first kappa shape index (κ1) is 30.3. The molecule has 0 unspecified atom stereocenters. The van der Waals surface area contributed by atoms with Crippen molar-refractivity contribution in [1.82, 2.24) is 4.90 Å². The second-order valence-corrected chi connectivity index (χ2v) is 13.2. The Bertz CT molecular complexity index is 1630. The van der Waals surface area contributed by atoms with Gasteiger partial charge in [-0.15, -0.1) is 0 Å². The molecule has 0 heterocycles. The summed E-state index contributed by atoms with van der Waals surface area (Å²) in [7, 11) is -3.61. The van der Waals surface area contributed by atoms with Gasteiger partial charge in [-0.3, -0.25) is 14.4 Å². The molecule has 1 aliphatic rings. The van der Waals surface area contributed by atoms with Crippen molar-refractivity contribution >= 4 is 21.7 Å². The van der Waals surface area contributed by atoms with E-state index in [9.17, 15) is 13.2 Å². The van der Waals surface area contributed by atoms with Gasteiger partial charge in [-0.2, -0.15) is 0 Å². The number of hydrogen-bond acceptors (Lipinski definition) is 6. The van der Waals surface area contributed by atoms with Gasteiger partial charge in [-0.25, -0.2) is 8.42 Å². The number of carbonyl (C=O) groups is 1. The van der Waals surface area contributed by atoms with Crippen molar-refractivity contribution in [3.8, 4) is 5.75 Å². The van der Waals surface area contributed by atoms with Gasteiger partial charge in [0.05, 0.1) is 11.9 Å². The van der Waals surface area contributed by atoms with E-state index in [1.807, 2.05) is 54.6 Å². The summed E-state index contributed by atoms with van der Waals surface area (Å²) in [5.74, 6) is -0.0227. The minimum absolute atomic E-state index is 0.218. The molecular weight excluding hydrogens is 560 g/mol. The average Bonchev–Trinajstić information content (AvgIpc) is 3.33. The molecule has 4 aromatic carbocycles. The number of carbonyl (C=O) groups excluding carboxylic acids is 1. The second-order valence-electron chi connectivity index (χ2n) is 11.5. The summed E-state index contributed by atoms with van der Waals surface area (Å²) in [6, 6.07) is 33.7. The predicted octanol–water partition coefficient (Wildman–Crippen LogP) is 6.30. The molecule has 0 spiro atoms. The number of nitrogens with one attached hydrogen (secondary N) is 1. The Morgan fingerprint density at radius 2 is 1.47 bits per heavy atom. The third kappa shape index (κ3) is 8.03. The molecule has 224 valence electrons. The number of rotatable bonds is 12. The van der Waals surface area contributed by atoms with Gasteiger partial charge in [0.1, 0.15) is 18.5 Å². The summed E-state index contributed by atoms with van der Waals surface area (Å²) < 4.78 is 39.2. The van der Waals surface area contributed by atoms with Crippen LogP contribution in [-0.2, 0) is 45.5 Å². The number of benzene rings is 4. The topological polar surface area (TPSA) is 84.9 Å². The van der Waals surface area contributed by atoms with Gasteiger partial charge in [0.15, 0.2) is 0 Å². The van der Waals surface area contributed by atoms with Gasteiger partial charge in [0.2, 0.25) is 10.0 Å². The maximum atomic E-state index is 12.4. The molecule has 1 N–H and O–H groups in total. The van der Waals surface area contributed by atoms with Crippen LogP contribution in [0.25, 0.3) is 0 Å². The zero-order valence-electron chi connectivity index (χ0n) is 24.8. The van der Waals surface area contributed by atoms with Crippen LogP contribution >= 0.6 is 0 Å². The van der Waals surface area contributed by atoms with Crippen LogP contribution in [0.1, 0.15) is 47.8 Å². The Labute approximate surface area is 254 Å². The smallest absolute Gasteiger partial charge is 0.303 e. The maximum Gasteiger partial charge on any atom is 0.303 e. The van der Waals surface area contributed by atoms with Crippen molar-refractivity contribution in [2.45, 2.75) is 51.5 Å². The number of sulfonamides is 1. The zero-order valence-corrected chi connectivity index (χ0v) is 25.6. The number of nitrogens with zero attached hydrogens (tertiary/aromatic N) is 1. The van der Waals surface area contributed by atoms with Crippen molar-refractivity contribution in [2.24, 2.45) is 0 Å². The monoisotopic (exact) mass is 598 g/mol. The summed E-state index contributed by atoms with van der Waals surface area (Å²) >= 11 is 0. The summed E-state index contributed by atoms with van der Waals surface area (Å²) in [6.07, 6.45) is 2.20. The second kappa shape index (κ2) is 13.0. The number of fused-ring (bicyclic) bond motifs is 1. The first-order chi connectivity index (χ1) is 20.6. The van der Waals surface area contributed by atoms with E-state index in [1.165, 1.54) is 18.1 Å². The molecule has 5 rings (SSSR count). The lowest BCUT2D eigenvalue weighted by atomic mass is 9.93. The third-order valence-corrected chi connectivity index (χ3v) is 8.43. The summed E-state index contributed by atoms with van der Waals surface area (Å²) in [6.45, 7) is 5.01. The molecule has 0 saturated carbocycles. The van der Waals surface area contributed by atoms with E-state index in [2.05, 4.69) is 52.9 Å².